The summed E-state index contributed by atoms with van der Waals surface area (Å²) in [5, 5.41) is 2.84. The van der Waals surface area contributed by atoms with Crippen LogP contribution in [0.25, 0.3) is 11.6 Å². The van der Waals surface area contributed by atoms with E-state index in [1.54, 1.807) is 38.7 Å². The number of pyridine rings is 1. The van der Waals surface area contributed by atoms with Gasteiger partial charge in [0.15, 0.2) is 11.5 Å². The number of carbonyl (C=O) groups excluding carboxylic acids is 1. The van der Waals surface area contributed by atoms with Gasteiger partial charge in [-0.2, -0.15) is 0 Å². The van der Waals surface area contributed by atoms with E-state index in [2.05, 4.69) is 10.3 Å². The SMILES string of the molecule is COc1cc2c(cc1OC)/C(=C\c1ccncc1)C(=O)N2. The molecule has 0 saturated carbocycles. The Morgan fingerprint density at radius 1 is 1.10 bits per heavy atom. The minimum Gasteiger partial charge on any atom is -0.493 e. The van der Waals surface area contributed by atoms with Gasteiger partial charge in [-0.3, -0.25) is 9.78 Å². The number of nitrogens with one attached hydrogen (secondary N) is 1. The summed E-state index contributed by atoms with van der Waals surface area (Å²) >= 11 is 0. The third-order valence-electron chi connectivity index (χ3n) is 3.32. The lowest BCUT2D eigenvalue weighted by Crippen LogP contribution is -2.03. The fourth-order valence-electron chi connectivity index (χ4n) is 2.29. The van der Waals surface area contributed by atoms with E-state index in [1.807, 2.05) is 18.2 Å². The number of anilines is 1. The molecule has 0 atom stereocenters. The first-order valence-electron chi connectivity index (χ1n) is 6.42. The number of methoxy groups -OCH3 is 2. The summed E-state index contributed by atoms with van der Waals surface area (Å²) < 4.78 is 10.5. The van der Waals surface area contributed by atoms with Gasteiger partial charge in [-0.1, -0.05) is 0 Å². The van der Waals surface area contributed by atoms with E-state index < -0.39 is 0 Å². The van der Waals surface area contributed by atoms with Crippen molar-refractivity contribution in [3.8, 4) is 11.5 Å². The van der Waals surface area contributed by atoms with Crippen LogP contribution in [0, 0.1) is 0 Å². The monoisotopic (exact) mass is 282 g/mol. The standard InChI is InChI=1S/C16H14N2O3/c1-20-14-8-11-12(7-10-3-5-17-6-4-10)16(19)18-13(11)9-15(14)21-2/h3-9H,1-2H3,(H,18,19)/b12-7+. The van der Waals surface area contributed by atoms with Crippen molar-refractivity contribution in [2.75, 3.05) is 19.5 Å². The van der Waals surface area contributed by atoms with Crippen molar-refractivity contribution < 1.29 is 14.3 Å². The van der Waals surface area contributed by atoms with Crippen LogP contribution >= 0.6 is 0 Å². The molecule has 1 aliphatic heterocycles. The van der Waals surface area contributed by atoms with Crippen LogP contribution in [0.4, 0.5) is 5.69 Å². The Balaban J connectivity index is 2.11. The lowest BCUT2D eigenvalue weighted by molar-refractivity contribution is -0.110. The van der Waals surface area contributed by atoms with Crippen LogP contribution in [0.15, 0.2) is 36.7 Å². The van der Waals surface area contributed by atoms with Crippen molar-refractivity contribution in [1.82, 2.24) is 4.98 Å². The van der Waals surface area contributed by atoms with E-state index >= 15 is 0 Å². The van der Waals surface area contributed by atoms with Gasteiger partial charge in [-0.15, -0.1) is 0 Å². The number of fused-ring (bicyclic) bond motifs is 1. The van der Waals surface area contributed by atoms with Crippen molar-refractivity contribution in [1.29, 1.82) is 0 Å². The topological polar surface area (TPSA) is 60.5 Å². The fourth-order valence-corrected chi connectivity index (χ4v) is 2.29. The Hall–Kier alpha value is -2.82. The molecule has 0 aliphatic carbocycles. The van der Waals surface area contributed by atoms with Crippen LogP contribution in [-0.4, -0.2) is 25.1 Å². The van der Waals surface area contributed by atoms with Gasteiger partial charge < -0.3 is 14.8 Å². The van der Waals surface area contributed by atoms with Gasteiger partial charge in [0.1, 0.15) is 0 Å². The highest BCUT2D eigenvalue weighted by Gasteiger charge is 2.26. The van der Waals surface area contributed by atoms with E-state index in [-0.39, 0.29) is 5.91 Å². The lowest BCUT2D eigenvalue weighted by Gasteiger charge is -2.09. The number of hydrogen-bond donors (Lipinski definition) is 1. The third-order valence-corrected chi connectivity index (χ3v) is 3.32. The van der Waals surface area contributed by atoms with Gasteiger partial charge in [0.05, 0.1) is 19.9 Å². The number of hydrogen-bond acceptors (Lipinski definition) is 4. The Kier molecular flexibility index (Phi) is 3.31. The predicted molar refractivity (Wildman–Crippen MR) is 80.3 cm³/mol. The molecule has 1 aromatic heterocycles. The van der Waals surface area contributed by atoms with Crippen molar-refractivity contribution in [3.63, 3.8) is 0 Å². The Bertz CT molecular complexity index is 724. The summed E-state index contributed by atoms with van der Waals surface area (Å²) in [7, 11) is 3.13. The molecule has 5 heteroatoms. The average Bonchev–Trinajstić information content (AvgIpc) is 2.82. The van der Waals surface area contributed by atoms with E-state index in [9.17, 15) is 4.79 Å². The lowest BCUT2D eigenvalue weighted by atomic mass is 10.0. The number of rotatable bonds is 3. The molecular weight excluding hydrogens is 268 g/mol. The van der Waals surface area contributed by atoms with Crippen LogP contribution in [0.3, 0.4) is 0 Å². The zero-order chi connectivity index (χ0) is 14.8. The zero-order valence-corrected chi connectivity index (χ0v) is 11.7. The summed E-state index contributed by atoms with van der Waals surface area (Å²) in [4.78, 5) is 16.1. The van der Waals surface area contributed by atoms with E-state index in [1.165, 1.54) is 0 Å². The molecule has 0 spiro atoms. The van der Waals surface area contributed by atoms with Crippen LogP contribution in [-0.2, 0) is 4.79 Å². The molecule has 0 radical (unpaired) electrons. The third kappa shape index (κ3) is 2.33. The number of carbonyl (C=O) groups is 1. The first-order chi connectivity index (χ1) is 10.2. The maximum Gasteiger partial charge on any atom is 0.256 e. The van der Waals surface area contributed by atoms with Gasteiger partial charge in [-0.05, 0) is 29.8 Å². The highest BCUT2D eigenvalue weighted by atomic mass is 16.5. The number of nitrogens with zero attached hydrogens (tertiary/aromatic N) is 1. The minimum atomic E-state index is -0.142. The number of amides is 1. The van der Waals surface area contributed by atoms with Gasteiger partial charge in [0.25, 0.3) is 5.91 Å². The molecular formula is C16H14N2O3. The molecule has 0 fully saturated rings. The second-order valence-corrected chi connectivity index (χ2v) is 4.55. The van der Waals surface area contributed by atoms with Crippen molar-refractivity contribution in [3.05, 3.63) is 47.8 Å². The molecule has 1 N–H and O–H groups in total. The molecule has 1 aromatic carbocycles. The van der Waals surface area contributed by atoms with Crippen LogP contribution in [0.1, 0.15) is 11.1 Å². The molecule has 21 heavy (non-hydrogen) atoms. The number of ether oxygens (including phenoxy) is 2. The smallest absolute Gasteiger partial charge is 0.256 e. The Morgan fingerprint density at radius 2 is 1.76 bits per heavy atom. The summed E-state index contributed by atoms with van der Waals surface area (Å²) in [5.41, 5.74) is 3.03. The second kappa shape index (κ2) is 5.28. The molecule has 1 aliphatic rings. The molecule has 2 heterocycles. The number of benzene rings is 1. The Labute approximate surface area is 122 Å². The largest absolute Gasteiger partial charge is 0.493 e. The van der Waals surface area contributed by atoms with Crippen LogP contribution in [0.5, 0.6) is 11.5 Å². The predicted octanol–water partition coefficient (Wildman–Crippen LogP) is 2.59. The van der Waals surface area contributed by atoms with Crippen LogP contribution in [0.2, 0.25) is 0 Å². The van der Waals surface area contributed by atoms with Crippen molar-refractivity contribution in [2.24, 2.45) is 0 Å². The summed E-state index contributed by atoms with van der Waals surface area (Å²) in [6.45, 7) is 0. The molecule has 5 nitrogen and oxygen atoms in total. The van der Waals surface area contributed by atoms with Crippen LogP contribution < -0.4 is 14.8 Å². The molecule has 0 saturated heterocycles. The van der Waals surface area contributed by atoms with Crippen molar-refractivity contribution >= 4 is 23.2 Å². The van der Waals surface area contributed by atoms with Gasteiger partial charge in [0.2, 0.25) is 0 Å². The van der Waals surface area contributed by atoms with Gasteiger partial charge >= 0.3 is 0 Å². The molecule has 3 rings (SSSR count). The fraction of sp³-hybridized carbons (Fsp3) is 0.125. The maximum atomic E-state index is 12.2. The highest BCUT2D eigenvalue weighted by molar-refractivity contribution is 6.35. The summed E-state index contributed by atoms with van der Waals surface area (Å²) in [6.07, 6.45) is 5.21. The van der Waals surface area contributed by atoms with Gasteiger partial charge in [-0.25, -0.2) is 0 Å². The zero-order valence-electron chi connectivity index (χ0n) is 11.7. The average molecular weight is 282 g/mol. The quantitative estimate of drug-likeness (QED) is 0.879. The number of aromatic nitrogens is 1. The molecule has 1 amide bonds. The molecule has 106 valence electrons. The van der Waals surface area contributed by atoms with E-state index in [0.717, 1.165) is 16.8 Å². The molecule has 0 bridgehead atoms. The maximum absolute atomic E-state index is 12.2. The first kappa shape index (κ1) is 13.2. The first-order valence-corrected chi connectivity index (χ1v) is 6.42. The molecule has 0 unspecified atom stereocenters. The molecule has 2 aromatic rings. The van der Waals surface area contributed by atoms with E-state index in [4.69, 9.17) is 9.47 Å². The van der Waals surface area contributed by atoms with Gasteiger partial charge in [0, 0.05) is 29.6 Å². The highest BCUT2D eigenvalue weighted by Crippen LogP contribution is 2.40. The summed E-state index contributed by atoms with van der Waals surface area (Å²) in [5.74, 6) is 1.03. The Morgan fingerprint density at radius 3 is 2.43 bits per heavy atom. The van der Waals surface area contributed by atoms with E-state index in [0.29, 0.717) is 17.1 Å². The normalized spacial score (nSPS) is 14.8. The second-order valence-electron chi connectivity index (χ2n) is 4.55. The van der Waals surface area contributed by atoms with Crippen molar-refractivity contribution in [2.45, 2.75) is 0 Å². The summed E-state index contributed by atoms with van der Waals surface area (Å²) in [6, 6.07) is 7.26. The minimum absolute atomic E-state index is 0.142.